The molecule has 0 fully saturated rings. The first-order valence-electron chi connectivity index (χ1n) is 5.88. The van der Waals surface area contributed by atoms with Gasteiger partial charge in [0.25, 0.3) is 0 Å². The summed E-state index contributed by atoms with van der Waals surface area (Å²) in [5.74, 6) is 1.17. The molecule has 0 N–H and O–H groups in total. The van der Waals surface area contributed by atoms with E-state index in [1.807, 2.05) is 51.7 Å². The van der Waals surface area contributed by atoms with E-state index in [0.29, 0.717) is 6.42 Å². The average molecular weight is 275 g/mol. The third-order valence-electron chi connectivity index (χ3n) is 2.97. The fourth-order valence-electron chi connectivity index (χ4n) is 2.09. The molecule has 0 spiro atoms. The molecule has 1 aliphatic rings. The minimum atomic E-state index is 0.196. The fraction of sp³-hybridized carbons (Fsp3) is 0.214. The number of anilines is 1. The Morgan fingerprint density at radius 1 is 1.28 bits per heavy atom. The number of thiophene rings is 1. The molecule has 0 saturated carbocycles. The van der Waals surface area contributed by atoms with Gasteiger partial charge in [-0.2, -0.15) is 11.3 Å². The summed E-state index contributed by atoms with van der Waals surface area (Å²) in [5, 5.41) is 4.06. The van der Waals surface area contributed by atoms with Crippen LogP contribution in [0.2, 0.25) is 0 Å². The zero-order valence-electron chi connectivity index (χ0n) is 9.83. The van der Waals surface area contributed by atoms with Crippen LogP contribution in [0.1, 0.15) is 5.56 Å². The van der Waals surface area contributed by atoms with Crippen molar-refractivity contribution < 1.29 is 4.79 Å². The van der Waals surface area contributed by atoms with Gasteiger partial charge in [0.05, 0.1) is 12.1 Å². The number of carbonyl (C=O) groups excluding carboxylic acids is 1. The van der Waals surface area contributed by atoms with Gasteiger partial charge in [-0.1, -0.05) is 12.1 Å². The van der Waals surface area contributed by atoms with Crippen molar-refractivity contribution in [1.82, 2.24) is 0 Å². The molecule has 1 aliphatic heterocycles. The van der Waals surface area contributed by atoms with Gasteiger partial charge >= 0.3 is 0 Å². The summed E-state index contributed by atoms with van der Waals surface area (Å²) in [5.41, 5.74) is 2.18. The van der Waals surface area contributed by atoms with Crippen molar-refractivity contribution in [2.75, 3.05) is 17.2 Å². The molecule has 0 atom stereocenters. The number of hydrogen-bond donors (Lipinski definition) is 0. The van der Waals surface area contributed by atoms with Crippen molar-refractivity contribution in [2.24, 2.45) is 0 Å². The first-order chi connectivity index (χ1) is 8.84. The lowest BCUT2D eigenvalue weighted by Gasteiger charge is -2.28. The van der Waals surface area contributed by atoms with Gasteiger partial charge in [-0.05, 0) is 34.5 Å². The second-order valence-corrected chi connectivity index (χ2v) is 6.09. The normalized spacial score (nSPS) is 14.3. The predicted molar refractivity (Wildman–Crippen MR) is 77.5 cm³/mol. The van der Waals surface area contributed by atoms with E-state index < -0.39 is 0 Å². The van der Waals surface area contributed by atoms with E-state index in [-0.39, 0.29) is 5.91 Å². The van der Waals surface area contributed by atoms with Crippen molar-refractivity contribution in [3.63, 3.8) is 0 Å². The molecule has 2 nitrogen and oxygen atoms in total. The summed E-state index contributed by atoms with van der Waals surface area (Å²) in [7, 11) is 0. The second-order valence-electron chi connectivity index (χ2n) is 4.17. The molecule has 4 heteroatoms. The van der Waals surface area contributed by atoms with Gasteiger partial charge in [0.15, 0.2) is 0 Å². The third-order valence-corrected chi connectivity index (χ3v) is 4.74. The lowest BCUT2D eigenvalue weighted by molar-refractivity contribution is -0.117. The van der Waals surface area contributed by atoms with E-state index >= 15 is 0 Å². The minimum Gasteiger partial charge on any atom is -0.310 e. The summed E-state index contributed by atoms with van der Waals surface area (Å²) in [6.45, 7) is 0.810. The number of fused-ring (bicyclic) bond motifs is 1. The third kappa shape index (κ3) is 2.31. The summed E-state index contributed by atoms with van der Waals surface area (Å²) >= 11 is 3.46. The zero-order valence-corrected chi connectivity index (χ0v) is 11.5. The Morgan fingerprint density at radius 2 is 2.17 bits per heavy atom. The number of amides is 1. The lowest BCUT2D eigenvalue weighted by atomic mass is 10.2. The van der Waals surface area contributed by atoms with Crippen molar-refractivity contribution in [3.05, 3.63) is 46.7 Å². The van der Waals surface area contributed by atoms with Gasteiger partial charge in [0, 0.05) is 17.2 Å². The molecule has 1 amide bonds. The highest BCUT2D eigenvalue weighted by atomic mass is 32.2. The Balaban J connectivity index is 1.83. The smallest absolute Gasteiger partial charge is 0.231 e. The SMILES string of the molecule is O=C(Cc1ccsc1)N1CCSc2ccccc21. The molecule has 1 aromatic carbocycles. The number of nitrogens with zero attached hydrogens (tertiary/aromatic N) is 1. The van der Waals surface area contributed by atoms with Crippen molar-refractivity contribution in [1.29, 1.82) is 0 Å². The van der Waals surface area contributed by atoms with Crippen molar-refractivity contribution in [3.8, 4) is 0 Å². The molecular formula is C14H13NOS2. The van der Waals surface area contributed by atoms with Crippen molar-refractivity contribution in [2.45, 2.75) is 11.3 Å². The van der Waals surface area contributed by atoms with Gasteiger partial charge in [-0.15, -0.1) is 11.8 Å². The van der Waals surface area contributed by atoms with Crippen LogP contribution >= 0.6 is 23.1 Å². The van der Waals surface area contributed by atoms with Crippen LogP contribution in [0.3, 0.4) is 0 Å². The van der Waals surface area contributed by atoms with Crippen LogP contribution in [0.4, 0.5) is 5.69 Å². The van der Waals surface area contributed by atoms with Crippen molar-refractivity contribution >= 4 is 34.7 Å². The molecule has 0 bridgehead atoms. The number of thioether (sulfide) groups is 1. The maximum Gasteiger partial charge on any atom is 0.231 e. The fourth-order valence-corrected chi connectivity index (χ4v) is 3.76. The number of rotatable bonds is 2. The largest absolute Gasteiger partial charge is 0.310 e. The van der Waals surface area contributed by atoms with Crippen LogP contribution in [0.25, 0.3) is 0 Å². The van der Waals surface area contributed by atoms with Crippen LogP contribution in [0.5, 0.6) is 0 Å². The van der Waals surface area contributed by atoms with Crippen LogP contribution in [0, 0.1) is 0 Å². The molecule has 3 rings (SSSR count). The molecular weight excluding hydrogens is 262 g/mol. The number of para-hydroxylation sites is 1. The molecule has 2 aromatic rings. The molecule has 0 radical (unpaired) electrons. The average Bonchev–Trinajstić information content (AvgIpc) is 2.91. The molecule has 92 valence electrons. The molecule has 1 aromatic heterocycles. The van der Waals surface area contributed by atoms with Crippen LogP contribution in [0.15, 0.2) is 46.0 Å². The lowest BCUT2D eigenvalue weighted by Crippen LogP contribution is -2.36. The highest BCUT2D eigenvalue weighted by Gasteiger charge is 2.22. The van der Waals surface area contributed by atoms with E-state index in [1.54, 1.807) is 11.3 Å². The van der Waals surface area contributed by atoms with E-state index in [0.717, 1.165) is 23.5 Å². The Bertz CT molecular complexity index is 551. The van der Waals surface area contributed by atoms with E-state index in [1.165, 1.54) is 4.90 Å². The van der Waals surface area contributed by atoms with Crippen LogP contribution in [-0.4, -0.2) is 18.2 Å². The van der Waals surface area contributed by atoms with Gasteiger partial charge in [0.1, 0.15) is 0 Å². The molecule has 18 heavy (non-hydrogen) atoms. The second kappa shape index (κ2) is 5.16. The zero-order chi connectivity index (χ0) is 12.4. The highest BCUT2D eigenvalue weighted by Crippen LogP contribution is 2.34. The maximum absolute atomic E-state index is 12.3. The number of carbonyl (C=O) groups is 1. The molecule has 2 heterocycles. The first kappa shape index (κ1) is 11.8. The summed E-state index contributed by atoms with van der Waals surface area (Å²) in [4.78, 5) is 15.5. The number of hydrogen-bond acceptors (Lipinski definition) is 3. The Kier molecular flexibility index (Phi) is 3.39. The molecule has 0 unspecified atom stereocenters. The summed E-state index contributed by atoms with van der Waals surface area (Å²) in [6.07, 6.45) is 0.502. The Morgan fingerprint density at radius 3 is 3.00 bits per heavy atom. The predicted octanol–water partition coefficient (Wildman–Crippen LogP) is 3.43. The van der Waals surface area contributed by atoms with Crippen LogP contribution in [-0.2, 0) is 11.2 Å². The highest BCUT2D eigenvalue weighted by molar-refractivity contribution is 7.99. The standard InChI is InChI=1S/C14H13NOS2/c16-14(9-11-5-7-17-10-11)15-6-8-18-13-4-2-1-3-12(13)15/h1-5,7,10H,6,8-9H2. The minimum absolute atomic E-state index is 0.196. The molecule has 0 saturated heterocycles. The van der Waals surface area contributed by atoms with Gasteiger partial charge < -0.3 is 4.90 Å². The monoisotopic (exact) mass is 275 g/mol. The summed E-state index contributed by atoms with van der Waals surface area (Å²) in [6, 6.07) is 10.2. The Labute approximate surface area is 115 Å². The number of benzene rings is 1. The van der Waals surface area contributed by atoms with Gasteiger partial charge in [0.2, 0.25) is 5.91 Å². The van der Waals surface area contributed by atoms with E-state index in [4.69, 9.17) is 0 Å². The van der Waals surface area contributed by atoms with Gasteiger partial charge in [-0.25, -0.2) is 0 Å². The molecule has 0 aliphatic carbocycles. The van der Waals surface area contributed by atoms with E-state index in [2.05, 4.69) is 6.07 Å². The Hall–Kier alpha value is -1.26. The first-order valence-corrected chi connectivity index (χ1v) is 7.81. The van der Waals surface area contributed by atoms with E-state index in [9.17, 15) is 4.79 Å². The quantitative estimate of drug-likeness (QED) is 0.837. The van der Waals surface area contributed by atoms with Gasteiger partial charge in [-0.3, -0.25) is 4.79 Å². The maximum atomic E-state index is 12.3. The summed E-state index contributed by atoms with van der Waals surface area (Å²) < 4.78 is 0. The topological polar surface area (TPSA) is 20.3 Å². The van der Waals surface area contributed by atoms with Crippen LogP contribution < -0.4 is 4.90 Å².